The zero-order valence-electron chi connectivity index (χ0n) is 14.7. The molecule has 0 fully saturated rings. The first kappa shape index (κ1) is 20.0. The Balaban J connectivity index is 1.68. The van der Waals surface area contributed by atoms with Gasteiger partial charge in [-0.1, -0.05) is 23.7 Å². The predicted molar refractivity (Wildman–Crippen MR) is 106 cm³/mol. The van der Waals surface area contributed by atoms with Crippen molar-refractivity contribution in [1.82, 2.24) is 15.0 Å². The highest BCUT2D eigenvalue weighted by Gasteiger charge is 2.08. The normalized spacial score (nSPS) is 11.4. The van der Waals surface area contributed by atoms with Gasteiger partial charge in [0.15, 0.2) is 0 Å². The Morgan fingerprint density at radius 1 is 1.00 bits per heavy atom. The summed E-state index contributed by atoms with van der Waals surface area (Å²) in [7, 11) is -3.58. The van der Waals surface area contributed by atoms with Gasteiger partial charge in [0.05, 0.1) is 10.8 Å². The van der Waals surface area contributed by atoms with Crippen molar-refractivity contribution < 1.29 is 13.2 Å². The lowest BCUT2D eigenvalue weighted by atomic mass is 10.1. The van der Waals surface area contributed by atoms with Crippen LogP contribution in [0.4, 0.5) is 5.82 Å². The van der Waals surface area contributed by atoms with Gasteiger partial charge in [-0.2, -0.15) is 4.98 Å². The summed E-state index contributed by atoms with van der Waals surface area (Å²) in [6, 6.07) is 10.1. The lowest BCUT2D eigenvalue weighted by Gasteiger charge is -2.09. The summed E-state index contributed by atoms with van der Waals surface area (Å²) in [4.78, 5) is 12.5. The molecule has 0 bridgehead atoms. The maximum Gasteiger partial charge on any atom is 0.221 e. The molecule has 0 spiro atoms. The lowest BCUT2D eigenvalue weighted by molar-refractivity contribution is 0.463. The topological polar surface area (TPSA) is 134 Å². The highest BCUT2D eigenvalue weighted by Crippen LogP contribution is 2.23. The Bertz CT molecular complexity index is 1060. The van der Waals surface area contributed by atoms with Crippen LogP contribution in [-0.2, 0) is 28.6 Å². The zero-order valence-corrected chi connectivity index (χ0v) is 16.3. The van der Waals surface area contributed by atoms with Gasteiger partial charge in [-0.3, -0.25) is 0 Å². The van der Waals surface area contributed by atoms with Crippen LogP contribution in [0.1, 0.15) is 17.0 Å². The second-order valence-electron chi connectivity index (χ2n) is 6.11. The van der Waals surface area contributed by atoms with Crippen LogP contribution in [0.5, 0.6) is 11.6 Å². The van der Waals surface area contributed by atoms with E-state index in [1.807, 2.05) is 0 Å². The van der Waals surface area contributed by atoms with Crippen LogP contribution in [0.15, 0.2) is 48.8 Å². The molecule has 0 saturated heterocycles. The molecule has 0 atom stereocenters. The van der Waals surface area contributed by atoms with Gasteiger partial charge < -0.3 is 10.5 Å². The summed E-state index contributed by atoms with van der Waals surface area (Å²) >= 11 is 5.79. The highest BCUT2D eigenvalue weighted by molar-refractivity contribution is 7.88. The van der Waals surface area contributed by atoms with Crippen LogP contribution in [0.3, 0.4) is 0 Å². The number of nitrogens with two attached hydrogens (primary N) is 2. The van der Waals surface area contributed by atoms with Crippen LogP contribution in [0, 0.1) is 0 Å². The van der Waals surface area contributed by atoms with Crippen LogP contribution in [-0.4, -0.2) is 23.4 Å². The number of rotatable bonds is 7. The van der Waals surface area contributed by atoms with Gasteiger partial charge in [0.2, 0.25) is 15.9 Å². The molecule has 8 nitrogen and oxygen atoms in total. The summed E-state index contributed by atoms with van der Waals surface area (Å²) in [6.45, 7) is 0. The molecule has 10 heteroatoms. The number of nitrogen functional groups attached to an aromatic ring is 1. The number of nitrogens with zero attached hydrogens (tertiary/aromatic N) is 3. The molecule has 0 amide bonds. The molecule has 0 aliphatic carbocycles. The van der Waals surface area contributed by atoms with Crippen molar-refractivity contribution >= 4 is 27.4 Å². The number of halogens is 1. The molecule has 0 radical (unpaired) electrons. The average Bonchev–Trinajstić information content (AvgIpc) is 2.61. The van der Waals surface area contributed by atoms with E-state index in [1.54, 1.807) is 48.8 Å². The molecule has 0 aliphatic heterocycles. The summed E-state index contributed by atoms with van der Waals surface area (Å²) < 4.78 is 28.0. The summed E-state index contributed by atoms with van der Waals surface area (Å²) in [5.41, 5.74) is 7.37. The number of hydrogen-bond donors (Lipinski definition) is 2. The quantitative estimate of drug-likeness (QED) is 0.600. The van der Waals surface area contributed by atoms with Gasteiger partial charge in [-0.05, 0) is 35.7 Å². The maximum absolute atomic E-state index is 11.1. The number of benzene rings is 1. The smallest absolute Gasteiger partial charge is 0.221 e. The Morgan fingerprint density at radius 2 is 1.68 bits per heavy atom. The second-order valence-corrected chi connectivity index (χ2v) is 8.16. The molecule has 2 heterocycles. The first-order chi connectivity index (χ1) is 13.3. The fraction of sp³-hybridized carbons (Fsp3) is 0.167. The first-order valence-corrected chi connectivity index (χ1v) is 10.4. The molecule has 1 aromatic carbocycles. The lowest BCUT2D eigenvalue weighted by Crippen LogP contribution is -2.14. The number of hydrogen-bond acceptors (Lipinski definition) is 7. The van der Waals surface area contributed by atoms with Gasteiger partial charge >= 0.3 is 0 Å². The number of aryl methyl sites for hydroxylation is 2. The summed E-state index contributed by atoms with van der Waals surface area (Å²) in [5.74, 6) is 1.61. The molecule has 2 aromatic heterocycles. The van der Waals surface area contributed by atoms with Crippen molar-refractivity contribution in [3.8, 4) is 11.6 Å². The van der Waals surface area contributed by atoms with E-state index >= 15 is 0 Å². The van der Waals surface area contributed by atoms with E-state index in [-0.39, 0.29) is 5.75 Å². The molecule has 3 rings (SSSR count). The highest BCUT2D eigenvalue weighted by atomic mass is 35.5. The van der Waals surface area contributed by atoms with Gasteiger partial charge in [0.1, 0.15) is 17.4 Å². The predicted octanol–water partition coefficient (Wildman–Crippen LogP) is 2.47. The third-order valence-electron chi connectivity index (χ3n) is 3.71. The van der Waals surface area contributed by atoms with E-state index in [0.29, 0.717) is 46.7 Å². The zero-order chi connectivity index (χ0) is 20.1. The van der Waals surface area contributed by atoms with Gasteiger partial charge in [0, 0.05) is 24.9 Å². The van der Waals surface area contributed by atoms with E-state index in [2.05, 4.69) is 15.0 Å². The minimum Gasteiger partial charge on any atom is -0.439 e. The molecule has 4 N–H and O–H groups in total. The van der Waals surface area contributed by atoms with Gasteiger partial charge in [0.25, 0.3) is 0 Å². The second kappa shape index (κ2) is 8.51. The fourth-order valence-corrected chi connectivity index (χ4v) is 3.26. The van der Waals surface area contributed by atoms with Crippen molar-refractivity contribution in [3.05, 3.63) is 70.8 Å². The van der Waals surface area contributed by atoms with Crippen LogP contribution < -0.4 is 15.6 Å². The minimum absolute atomic E-state index is 0.235. The summed E-state index contributed by atoms with van der Waals surface area (Å²) in [5, 5.41) is 5.53. The summed E-state index contributed by atoms with van der Waals surface area (Å²) in [6.07, 6.45) is 4.37. The number of primary sulfonamides is 1. The Kier molecular flexibility index (Phi) is 6.08. The van der Waals surface area contributed by atoms with Crippen molar-refractivity contribution in [2.75, 3.05) is 5.73 Å². The standard InChI is InChI=1S/C18H18ClN5O3S/c19-14-9-22-17(23-10-14)6-3-13-7-16(20)24-18(8-13)27-15-4-1-12(2-5-15)11-28(21,25)26/h1-2,4-5,7-10H,3,6,11H2,(H2,20,24)(H2,21,25,26). The number of aromatic nitrogens is 3. The molecule has 28 heavy (non-hydrogen) atoms. The van der Waals surface area contributed by atoms with Crippen molar-refractivity contribution in [2.45, 2.75) is 18.6 Å². The number of ether oxygens (including phenoxy) is 1. The number of sulfonamides is 1. The van der Waals surface area contributed by atoms with Crippen LogP contribution >= 0.6 is 11.6 Å². The Hall–Kier alpha value is -2.75. The van der Waals surface area contributed by atoms with Crippen molar-refractivity contribution in [1.29, 1.82) is 0 Å². The number of anilines is 1. The van der Waals surface area contributed by atoms with E-state index in [4.69, 9.17) is 27.2 Å². The largest absolute Gasteiger partial charge is 0.439 e. The SMILES string of the molecule is Nc1cc(CCc2ncc(Cl)cn2)cc(Oc2ccc(CS(N)(=O)=O)cc2)n1. The van der Waals surface area contributed by atoms with E-state index in [1.165, 1.54) is 0 Å². The third-order valence-corrected chi connectivity index (χ3v) is 4.64. The molecular weight excluding hydrogens is 402 g/mol. The average molecular weight is 420 g/mol. The Morgan fingerprint density at radius 3 is 2.32 bits per heavy atom. The minimum atomic E-state index is -3.58. The van der Waals surface area contributed by atoms with E-state index in [9.17, 15) is 8.42 Å². The van der Waals surface area contributed by atoms with E-state index in [0.717, 1.165) is 5.56 Å². The maximum atomic E-state index is 11.1. The molecule has 0 unspecified atom stereocenters. The molecule has 0 aliphatic rings. The molecule has 3 aromatic rings. The first-order valence-electron chi connectivity index (χ1n) is 8.27. The Labute approximate surface area is 167 Å². The van der Waals surface area contributed by atoms with Gasteiger partial charge in [-0.15, -0.1) is 0 Å². The number of pyridine rings is 1. The van der Waals surface area contributed by atoms with E-state index < -0.39 is 10.0 Å². The van der Waals surface area contributed by atoms with Crippen LogP contribution in [0.2, 0.25) is 5.02 Å². The van der Waals surface area contributed by atoms with Crippen LogP contribution in [0.25, 0.3) is 0 Å². The van der Waals surface area contributed by atoms with Gasteiger partial charge in [-0.25, -0.2) is 23.5 Å². The molecule has 0 saturated carbocycles. The molecule has 146 valence electrons. The fourth-order valence-electron chi connectivity index (χ4n) is 2.51. The van der Waals surface area contributed by atoms with Crippen molar-refractivity contribution in [3.63, 3.8) is 0 Å². The monoisotopic (exact) mass is 419 g/mol. The third kappa shape index (κ3) is 6.15. The van der Waals surface area contributed by atoms with Crippen molar-refractivity contribution in [2.24, 2.45) is 5.14 Å². The molecular formula is C18H18ClN5O3S.